The molecule has 1 aromatic carbocycles. The van der Waals surface area contributed by atoms with Crippen molar-refractivity contribution in [2.24, 2.45) is 5.92 Å². The molecule has 1 atom stereocenters. The van der Waals surface area contributed by atoms with Crippen molar-refractivity contribution in [2.75, 3.05) is 37.6 Å². The summed E-state index contributed by atoms with van der Waals surface area (Å²) in [5.41, 5.74) is 2.19. The summed E-state index contributed by atoms with van der Waals surface area (Å²) < 4.78 is 1.08. The standard InChI is InChI=1S/C16H25BrN2O/c1-12(2)11-18-6-8-19(9-7-18)16-5-4-14(13(3)20)10-15(16)17/h4-5,10,12-13,20H,6-9,11H2,1-3H3. The van der Waals surface area contributed by atoms with Crippen molar-refractivity contribution in [3.05, 3.63) is 28.2 Å². The van der Waals surface area contributed by atoms with Crippen LogP contribution in [-0.4, -0.2) is 42.7 Å². The van der Waals surface area contributed by atoms with Crippen molar-refractivity contribution in [1.82, 2.24) is 4.90 Å². The van der Waals surface area contributed by atoms with Crippen LogP contribution < -0.4 is 4.90 Å². The topological polar surface area (TPSA) is 26.7 Å². The molecule has 1 saturated heterocycles. The first kappa shape index (κ1) is 15.8. The molecule has 112 valence electrons. The highest BCUT2D eigenvalue weighted by Gasteiger charge is 2.19. The van der Waals surface area contributed by atoms with Crippen LogP contribution in [0.3, 0.4) is 0 Å². The van der Waals surface area contributed by atoms with Crippen LogP contribution in [0, 0.1) is 5.92 Å². The van der Waals surface area contributed by atoms with Gasteiger partial charge in [-0.25, -0.2) is 0 Å². The minimum atomic E-state index is -0.414. The Hall–Kier alpha value is -0.580. The van der Waals surface area contributed by atoms with Crippen molar-refractivity contribution in [3.63, 3.8) is 0 Å². The summed E-state index contributed by atoms with van der Waals surface area (Å²) in [4.78, 5) is 4.96. The van der Waals surface area contributed by atoms with E-state index in [1.54, 1.807) is 6.92 Å². The highest BCUT2D eigenvalue weighted by molar-refractivity contribution is 9.10. The Morgan fingerprint density at radius 2 is 1.80 bits per heavy atom. The average molecular weight is 341 g/mol. The maximum absolute atomic E-state index is 9.63. The smallest absolute Gasteiger partial charge is 0.0762 e. The third kappa shape index (κ3) is 3.96. The summed E-state index contributed by atoms with van der Waals surface area (Å²) in [5.74, 6) is 0.735. The highest BCUT2D eigenvalue weighted by atomic mass is 79.9. The van der Waals surface area contributed by atoms with Gasteiger partial charge in [-0.2, -0.15) is 0 Å². The first-order valence-electron chi connectivity index (χ1n) is 7.42. The SMILES string of the molecule is CC(C)CN1CCN(c2ccc(C(C)O)cc2Br)CC1. The van der Waals surface area contributed by atoms with Gasteiger partial charge < -0.3 is 10.0 Å². The summed E-state index contributed by atoms with van der Waals surface area (Å²) in [7, 11) is 0. The van der Waals surface area contributed by atoms with E-state index in [1.807, 2.05) is 12.1 Å². The van der Waals surface area contributed by atoms with E-state index in [9.17, 15) is 5.11 Å². The second-order valence-corrected chi connectivity index (χ2v) is 6.92. The maximum Gasteiger partial charge on any atom is 0.0762 e. The monoisotopic (exact) mass is 340 g/mol. The molecule has 0 saturated carbocycles. The van der Waals surface area contributed by atoms with Gasteiger partial charge >= 0.3 is 0 Å². The van der Waals surface area contributed by atoms with Gasteiger partial charge in [-0.05, 0) is 46.5 Å². The van der Waals surface area contributed by atoms with Crippen molar-refractivity contribution < 1.29 is 5.11 Å². The van der Waals surface area contributed by atoms with Crippen molar-refractivity contribution in [3.8, 4) is 0 Å². The largest absolute Gasteiger partial charge is 0.389 e. The molecule has 4 heteroatoms. The number of aliphatic hydroxyl groups excluding tert-OH is 1. The van der Waals surface area contributed by atoms with Gasteiger partial charge in [0.15, 0.2) is 0 Å². The van der Waals surface area contributed by atoms with E-state index in [2.05, 4.69) is 45.6 Å². The van der Waals surface area contributed by atoms with Crippen LogP contribution >= 0.6 is 15.9 Å². The van der Waals surface area contributed by atoms with Gasteiger partial charge in [0.25, 0.3) is 0 Å². The number of halogens is 1. The number of hydrogen-bond acceptors (Lipinski definition) is 3. The Balaban J connectivity index is 2.00. The number of aliphatic hydroxyl groups is 1. The van der Waals surface area contributed by atoms with E-state index in [0.29, 0.717) is 0 Å². The van der Waals surface area contributed by atoms with Crippen molar-refractivity contribution >= 4 is 21.6 Å². The zero-order valence-corrected chi connectivity index (χ0v) is 14.2. The van der Waals surface area contributed by atoms with Crippen LogP contribution in [0.5, 0.6) is 0 Å². The van der Waals surface area contributed by atoms with E-state index in [1.165, 1.54) is 12.2 Å². The molecular formula is C16H25BrN2O. The Kier molecular flexibility index (Phi) is 5.47. The van der Waals surface area contributed by atoms with Crippen LogP contribution in [0.15, 0.2) is 22.7 Å². The molecule has 0 aliphatic carbocycles. The molecule has 1 fully saturated rings. The Morgan fingerprint density at radius 3 is 2.30 bits per heavy atom. The van der Waals surface area contributed by atoms with Gasteiger partial charge in [-0.3, -0.25) is 4.90 Å². The molecule has 1 N–H and O–H groups in total. The van der Waals surface area contributed by atoms with Gasteiger partial charge in [0.05, 0.1) is 11.8 Å². The van der Waals surface area contributed by atoms with Gasteiger partial charge in [0, 0.05) is 37.2 Å². The lowest BCUT2D eigenvalue weighted by Gasteiger charge is -2.37. The fourth-order valence-electron chi connectivity index (χ4n) is 2.73. The number of rotatable bonds is 4. The zero-order valence-electron chi connectivity index (χ0n) is 12.6. The third-order valence-electron chi connectivity index (χ3n) is 3.79. The van der Waals surface area contributed by atoms with Crippen LogP contribution in [0.4, 0.5) is 5.69 Å². The molecule has 0 aromatic heterocycles. The summed E-state index contributed by atoms with van der Waals surface area (Å²) in [6.07, 6.45) is -0.414. The summed E-state index contributed by atoms with van der Waals surface area (Å²) in [6.45, 7) is 11.9. The quantitative estimate of drug-likeness (QED) is 0.911. The second kappa shape index (κ2) is 6.92. The summed E-state index contributed by atoms with van der Waals surface area (Å²) >= 11 is 3.64. The Bertz CT molecular complexity index is 440. The van der Waals surface area contributed by atoms with Gasteiger partial charge in [-0.1, -0.05) is 19.9 Å². The molecule has 3 nitrogen and oxygen atoms in total. The molecule has 1 aliphatic heterocycles. The number of piperazine rings is 1. The molecule has 1 unspecified atom stereocenters. The number of hydrogen-bond donors (Lipinski definition) is 1. The molecule has 0 bridgehead atoms. The summed E-state index contributed by atoms with van der Waals surface area (Å²) in [6, 6.07) is 6.16. The molecule has 0 spiro atoms. The number of nitrogens with zero attached hydrogens (tertiary/aromatic N) is 2. The van der Waals surface area contributed by atoms with E-state index in [-0.39, 0.29) is 0 Å². The highest BCUT2D eigenvalue weighted by Crippen LogP contribution is 2.30. The minimum absolute atomic E-state index is 0.414. The van der Waals surface area contributed by atoms with E-state index >= 15 is 0 Å². The molecule has 0 amide bonds. The molecule has 1 aromatic rings. The first-order valence-corrected chi connectivity index (χ1v) is 8.21. The third-order valence-corrected chi connectivity index (χ3v) is 4.43. The lowest BCUT2D eigenvalue weighted by atomic mass is 10.1. The molecular weight excluding hydrogens is 316 g/mol. The number of benzene rings is 1. The molecule has 2 rings (SSSR count). The van der Waals surface area contributed by atoms with Gasteiger partial charge in [0.1, 0.15) is 0 Å². The fraction of sp³-hybridized carbons (Fsp3) is 0.625. The molecule has 1 heterocycles. The summed E-state index contributed by atoms with van der Waals surface area (Å²) in [5, 5.41) is 9.63. The van der Waals surface area contributed by atoms with E-state index in [0.717, 1.165) is 42.1 Å². The predicted molar refractivity (Wildman–Crippen MR) is 88.3 cm³/mol. The Morgan fingerprint density at radius 1 is 1.15 bits per heavy atom. The average Bonchev–Trinajstić information content (AvgIpc) is 2.39. The second-order valence-electron chi connectivity index (χ2n) is 6.07. The number of anilines is 1. The lowest BCUT2D eigenvalue weighted by molar-refractivity contribution is 0.199. The fourth-order valence-corrected chi connectivity index (χ4v) is 3.37. The minimum Gasteiger partial charge on any atom is -0.389 e. The van der Waals surface area contributed by atoms with E-state index < -0.39 is 6.10 Å². The van der Waals surface area contributed by atoms with Crippen molar-refractivity contribution in [2.45, 2.75) is 26.9 Å². The first-order chi connectivity index (χ1) is 9.47. The molecule has 0 radical (unpaired) electrons. The normalized spacial score (nSPS) is 18.6. The van der Waals surface area contributed by atoms with Crippen LogP contribution in [0.1, 0.15) is 32.4 Å². The van der Waals surface area contributed by atoms with Gasteiger partial charge in [-0.15, -0.1) is 0 Å². The van der Waals surface area contributed by atoms with Crippen molar-refractivity contribution in [1.29, 1.82) is 0 Å². The molecule has 20 heavy (non-hydrogen) atoms. The van der Waals surface area contributed by atoms with Crippen LogP contribution in [0.25, 0.3) is 0 Å². The van der Waals surface area contributed by atoms with Crippen LogP contribution in [0.2, 0.25) is 0 Å². The van der Waals surface area contributed by atoms with Crippen LogP contribution in [-0.2, 0) is 0 Å². The predicted octanol–water partition coefficient (Wildman–Crippen LogP) is 3.28. The Labute approximate surface area is 130 Å². The molecule has 1 aliphatic rings. The van der Waals surface area contributed by atoms with Gasteiger partial charge in [0.2, 0.25) is 0 Å². The van der Waals surface area contributed by atoms with E-state index in [4.69, 9.17) is 0 Å². The lowest BCUT2D eigenvalue weighted by Crippen LogP contribution is -2.47. The zero-order chi connectivity index (χ0) is 14.7. The maximum atomic E-state index is 9.63.